The fourth-order valence-corrected chi connectivity index (χ4v) is 2.96. The Morgan fingerprint density at radius 2 is 1.77 bits per heavy atom. The quantitative estimate of drug-likeness (QED) is 0.435. The van der Waals surface area contributed by atoms with Crippen LogP contribution in [0.2, 0.25) is 0 Å². The van der Waals surface area contributed by atoms with E-state index >= 15 is 0 Å². The summed E-state index contributed by atoms with van der Waals surface area (Å²) in [6.07, 6.45) is 9.45. The summed E-state index contributed by atoms with van der Waals surface area (Å²) >= 11 is 0. The molecule has 0 aliphatic heterocycles. The molecule has 0 saturated carbocycles. The van der Waals surface area contributed by atoms with Crippen molar-refractivity contribution in [1.82, 2.24) is 16.0 Å². The predicted molar refractivity (Wildman–Crippen MR) is 100 cm³/mol. The first-order valence-electron chi connectivity index (χ1n) is 9.12. The topological polar surface area (TPSA) is 108 Å². The molecule has 0 radical (unpaired) electrons. The number of allylic oxidation sites excluding steroid dienone is 2. The second kappa shape index (κ2) is 10.8. The van der Waals surface area contributed by atoms with Crippen molar-refractivity contribution in [2.45, 2.75) is 58.2 Å². The maximum Gasteiger partial charge on any atom is 0.326 e. The summed E-state index contributed by atoms with van der Waals surface area (Å²) < 4.78 is 0. The molecule has 1 unspecified atom stereocenters. The molecule has 0 spiro atoms. The van der Waals surface area contributed by atoms with E-state index in [1.165, 1.54) is 6.92 Å². The lowest BCUT2D eigenvalue weighted by Crippen LogP contribution is -2.51. The summed E-state index contributed by atoms with van der Waals surface area (Å²) in [5.41, 5.74) is 0. The van der Waals surface area contributed by atoms with Crippen LogP contribution < -0.4 is 16.0 Å². The van der Waals surface area contributed by atoms with Gasteiger partial charge in [-0.2, -0.15) is 0 Å². The molecule has 1 aliphatic rings. The minimum absolute atomic E-state index is 0.0911. The first-order valence-corrected chi connectivity index (χ1v) is 9.12. The third-order valence-corrected chi connectivity index (χ3v) is 4.71. The molecule has 0 bridgehead atoms. The van der Waals surface area contributed by atoms with Gasteiger partial charge >= 0.3 is 5.97 Å². The molecule has 3 atom stereocenters. The Labute approximate surface area is 155 Å². The van der Waals surface area contributed by atoms with Crippen molar-refractivity contribution < 1.29 is 19.5 Å². The lowest BCUT2D eigenvalue weighted by Gasteiger charge is -2.24. The van der Waals surface area contributed by atoms with Crippen LogP contribution in [-0.2, 0) is 14.4 Å². The summed E-state index contributed by atoms with van der Waals surface area (Å²) in [4.78, 5) is 34.9. The first-order chi connectivity index (χ1) is 12.3. The molecule has 26 heavy (non-hydrogen) atoms. The van der Waals surface area contributed by atoms with Crippen molar-refractivity contribution in [3.63, 3.8) is 0 Å². The van der Waals surface area contributed by atoms with Crippen LogP contribution in [0.1, 0.15) is 40.0 Å². The number of carboxylic acids is 1. The summed E-state index contributed by atoms with van der Waals surface area (Å²) in [5, 5.41) is 17.8. The number of carbonyl (C=O) groups is 3. The van der Waals surface area contributed by atoms with Gasteiger partial charge in [-0.1, -0.05) is 44.6 Å². The van der Waals surface area contributed by atoms with Gasteiger partial charge in [-0.05, 0) is 31.7 Å². The van der Waals surface area contributed by atoms with Crippen LogP contribution in [0, 0.1) is 11.8 Å². The zero-order valence-corrected chi connectivity index (χ0v) is 16.0. The monoisotopic (exact) mass is 365 g/mol. The Kier molecular flexibility index (Phi) is 9.05. The highest BCUT2D eigenvalue weighted by atomic mass is 16.4. The molecular weight excluding hydrogens is 334 g/mol. The molecule has 2 amide bonds. The number of aliphatic carboxylic acids is 1. The summed E-state index contributed by atoms with van der Waals surface area (Å²) in [5.74, 6) is -1.21. The third kappa shape index (κ3) is 7.00. The van der Waals surface area contributed by atoms with Crippen molar-refractivity contribution in [3.05, 3.63) is 24.3 Å². The van der Waals surface area contributed by atoms with E-state index in [4.69, 9.17) is 0 Å². The standard InChI is InChI=1S/C19H31N3O4/c1-5-12(2)17(20-4)18(24)22-16(19(25)26)11-8-14-6-9-15(10-7-14)21-13(3)23/h6-7,9-10,12,14-17,20H,5,8,11H2,1-4H3,(H,21,23)(H,22,24)(H,25,26)/t12?,14?,15?,16-,17-/m0/s1. The molecule has 0 aromatic heterocycles. The second-order valence-corrected chi connectivity index (χ2v) is 6.79. The second-order valence-electron chi connectivity index (χ2n) is 6.79. The zero-order valence-electron chi connectivity index (χ0n) is 16.0. The van der Waals surface area contributed by atoms with Crippen LogP contribution in [-0.4, -0.2) is 48.1 Å². The van der Waals surface area contributed by atoms with E-state index in [0.29, 0.717) is 12.8 Å². The van der Waals surface area contributed by atoms with E-state index in [1.807, 2.05) is 38.2 Å². The lowest BCUT2D eigenvalue weighted by molar-refractivity contribution is -0.142. The molecular formula is C19H31N3O4. The van der Waals surface area contributed by atoms with Gasteiger partial charge in [0.25, 0.3) is 0 Å². The molecule has 0 heterocycles. The number of amides is 2. The van der Waals surface area contributed by atoms with Gasteiger partial charge in [-0.15, -0.1) is 0 Å². The number of likely N-dealkylation sites (N-methyl/N-ethyl adjacent to an activating group) is 1. The Morgan fingerprint density at radius 3 is 2.23 bits per heavy atom. The first kappa shape index (κ1) is 21.9. The third-order valence-electron chi connectivity index (χ3n) is 4.71. The lowest BCUT2D eigenvalue weighted by atomic mass is 9.93. The van der Waals surface area contributed by atoms with Crippen LogP contribution in [0.25, 0.3) is 0 Å². The van der Waals surface area contributed by atoms with Gasteiger partial charge in [-0.3, -0.25) is 9.59 Å². The van der Waals surface area contributed by atoms with Crippen molar-refractivity contribution in [3.8, 4) is 0 Å². The largest absolute Gasteiger partial charge is 0.480 e. The Bertz CT molecular complexity index is 545. The fraction of sp³-hybridized carbons (Fsp3) is 0.632. The number of carbonyl (C=O) groups excluding carboxylic acids is 2. The van der Waals surface area contributed by atoms with Crippen LogP contribution >= 0.6 is 0 Å². The highest BCUT2D eigenvalue weighted by Gasteiger charge is 2.27. The number of carboxylic acid groups (broad SMARTS) is 1. The van der Waals surface area contributed by atoms with E-state index in [9.17, 15) is 19.5 Å². The van der Waals surface area contributed by atoms with Crippen LogP contribution in [0.15, 0.2) is 24.3 Å². The minimum Gasteiger partial charge on any atom is -0.480 e. The van der Waals surface area contributed by atoms with E-state index in [0.717, 1.165) is 6.42 Å². The van der Waals surface area contributed by atoms with Gasteiger partial charge in [0.2, 0.25) is 11.8 Å². The molecule has 7 heteroatoms. The Hall–Kier alpha value is -2.15. The maximum atomic E-state index is 12.4. The number of nitrogens with one attached hydrogen (secondary N) is 3. The molecule has 4 N–H and O–H groups in total. The highest BCUT2D eigenvalue weighted by Crippen LogP contribution is 2.17. The summed E-state index contributed by atoms with van der Waals surface area (Å²) in [6.45, 7) is 5.41. The van der Waals surface area contributed by atoms with Crippen molar-refractivity contribution in [1.29, 1.82) is 0 Å². The average Bonchev–Trinajstić information content (AvgIpc) is 2.59. The molecule has 0 saturated heterocycles. The van der Waals surface area contributed by atoms with Crippen molar-refractivity contribution >= 4 is 17.8 Å². The SMILES string of the molecule is CCC(C)[C@H](NC)C(=O)N[C@@H](CCC1C=CC(NC(C)=O)C=C1)C(=O)O. The van der Waals surface area contributed by atoms with E-state index in [-0.39, 0.29) is 29.7 Å². The number of hydrogen-bond acceptors (Lipinski definition) is 4. The highest BCUT2D eigenvalue weighted by molar-refractivity contribution is 5.87. The van der Waals surface area contributed by atoms with E-state index < -0.39 is 18.1 Å². The average molecular weight is 365 g/mol. The molecule has 0 aromatic rings. The van der Waals surface area contributed by atoms with E-state index in [2.05, 4.69) is 16.0 Å². The van der Waals surface area contributed by atoms with Gasteiger partial charge < -0.3 is 21.1 Å². The molecule has 1 aliphatic carbocycles. The Balaban J connectivity index is 2.57. The Morgan fingerprint density at radius 1 is 1.15 bits per heavy atom. The maximum absolute atomic E-state index is 12.4. The van der Waals surface area contributed by atoms with E-state index in [1.54, 1.807) is 7.05 Å². The molecule has 0 fully saturated rings. The number of hydrogen-bond donors (Lipinski definition) is 4. The molecule has 146 valence electrons. The smallest absolute Gasteiger partial charge is 0.326 e. The predicted octanol–water partition coefficient (Wildman–Crippen LogP) is 1.22. The summed E-state index contributed by atoms with van der Waals surface area (Å²) in [6, 6.07) is -1.45. The molecule has 7 nitrogen and oxygen atoms in total. The van der Waals surface area contributed by atoms with Gasteiger partial charge in [-0.25, -0.2) is 4.79 Å². The molecule has 0 aromatic carbocycles. The van der Waals surface area contributed by atoms with Crippen LogP contribution in [0.4, 0.5) is 0 Å². The number of rotatable bonds is 10. The van der Waals surface area contributed by atoms with Crippen LogP contribution in [0.3, 0.4) is 0 Å². The molecule has 1 rings (SSSR count). The van der Waals surface area contributed by atoms with Crippen molar-refractivity contribution in [2.75, 3.05) is 7.05 Å². The minimum atomic E-state index is -1.03. The van der Waals surface area contributed by atoms with Gasteiger partial charge in [0.05, 0.1) is 12.1 Å². The van der Waals surface area contributed by atoms with Gasteiger partial charge in [0.15, 0.2) is 0 Å². The van der Waals surface area contributed by atoms with Crippen molar-refractivity contribution in [2.24, 2.45) is 11.8 Å². The van der Waals surface area contributed by atoms with Gasteiger partial charge in [0.1, 0.15) is 6.04 Å². The summed E-state index contributed by atoms with van der Waals surface area (Å²) in [7, 11) is 1.70. The van der Waals surface area contributed by atoms with Gasteiger partial charge in [0, 0.05) is 6.92 Å². The fourth-order valence-electron chi connectivity index (χ4n) is 2.96. The zero-order chi connectivity index (χ0) is 19.7. The van der Waals surface area contributed by atoms with Crippen LogP contribution in [0.5, 0.6) is 0 Å². The normalized spacial score (nSPS) is 22.3.